The van der Waals surface area contributed by atoms with Gasteiger partial charge in [0.15, 0.2) is 0 Å². The molecule has 0 saturated carbocycles. The normalized spacial score (nSPS) is 15.3. The van der Waals surface area contributed by atoms with Crippen molar-refractivity contribution in [3.63, 3.8) is 0 Å². The predicted octanol–water partition coefficient (Wildman–Crippen LogP) is 5.92. The smallest absolute Gasteiger partial charge is 0.329 e. The van der Waals surface area contributed by atoms with Crippen LogP contribution in [0.25, 0.3) is 11.3 Å². The fourth-order valence-corrected chi connectivity index (χ4v) is 6.21. The molecule has 1 N–H and O–H groups in total. The van der Waals surface area contributed by atoms with Crippen molar-refractivity contribution >= 4 is 34.5 Å². The Bertz CT molecular complexity index is 1770. The van der Waals surface area contributed by atoms with E-state index in [4.69, 9.17) is 0 Å². The molecule has 12 heteroatoms. The highest BCUT2D eigenvalue weighted by molar-refractivity contribution is 7.10. The highest BCUT2D eigenvalue weighted by atomic mass is 32.1. The molecule has 0 saturated heterocycles. The number of alkyl halides is 3. The van der Waals surface area contributed by atoms with E-state index < -0.39 is 17.6 Å². The molecular formula is C28H23F3N6O2S. The minimum Gasteiger partial charge on any atom is -0.329 e. The molecular weight excluding hydrogens is 541 g/mol. The van der Waals surface area contributed by atoms with Gasteiger partial charge in [0.25, 0.3) is 11.8 Å². The molecule has 1 atom stereocenters. The van der Waals surface area contributed by atoms with Gasteiger partial charge in [-0.15, -0.1) is 11.3 Å². The quantitative estimate of drug-likeness (QED) is 0.294. The number of hydrogen-bond donors (Lipinski definition) is 1. The number of fused-ring (bicyclic) bond motifs is 2. The van der Waals surface area contributed by atoms with Crippen molar-refractivity contribution < 1.29 is 22.8 Å². The average molecular weight is 565 g/mol. The topological polar surface area (TPSA) is 84.5 Å². The number of nitrogens with zero attached hydrogens (tertiary/aromatic N) is 5. The Balaban J connectivity index is 1.26. The molecule has 6 rings (SSSR count). The molecule has 4 aromatic heterocycles. The van der Waals surface area contributed by atoms with Crippen LogP contribution < -0.4 is 5.32 Å². The summed E-state index contributed by atoms with van der Waals surface area (Å²) >= 11 is 1.36. The van der Waals surface area contributed by atoms with Gasteiger partial charge >= 0.3 is 6.18 Å². The summed E-state index contributed by atoms with van der Waals surface area (Å²) in [7, 11) is 0. The molecule has 5 heterocycles. The number of benzene rings is 1. The van der Waals surface area contributed by atoms with E-state index in [9.17, 15) is 22.8 Å². The van der Waals surface area contributed by atoms with Crippen molar-refractivity contribution in [1.29, 1.82) is 0 Å². The zero-order valence-electron chi connectivity index (χ0n) is 21.4. The monoisotopic (exact) mass is 564 g/mol. The molecule has 1 aromatic carbocycles. The summed E-state index contributed by atoms with van der Waals surface area (Å²) in [6, 6.07) is 8.62. The molecule has 1 unspecified atom stereocenters. The largest absolute Gasteiger partial charge is 0.416 e. The van der Waals surface area contributed by atoms with Gasteiger partial charge in [0.05, 0.1) is 35.4 Å². The maximum Gasteiger partial charge on any atom is 0.416 e. The van der Waals surface area contributed by atoms with Crippen molar-refractivity contribution in [2.24, 2.45) is 0 Å². The third kappa shape index (κ3) is 4.53. The second-order valence-corrected chi connectivity index (χ2v) is 10.5. The molecule has 0 aliphatic carbocycles. The fraction of sp³-hybridized carbons (Fsp3) is 0.214. The van der Waals surface area contributed by atoms with Gasteiger partial charge < -0.3 is 14.8 Å². The summed E-state index contributed by atoms with van der Waals surface area (Å²) in [4.78, 5) is 37.8. The maximum absolute atomic E-state index is 13.7. The number of rotatable bonds is 4. The zero-order chi connectivity index (χ0) is 28.2. The summed E-state index contributed by atoms with van der Waals surface area (Å²) in [5.74, 6) is -0.666. The van der Waals surface area contributed by atoms with Crippen molar-refractivity contribution in [2.75, 3.05) is 11.9 Å². The predicted molar refractivity (Wildman–Crippen MR) is 144 cm³/mol. The molecule has 1 aliphatic heterocycles. The number of imidazole rings is 2. The van der Waals surface area contributed by atoms with Crippen molar-refractivity contribution in [1.82, 2.24) is 23.8 Å². The molecule has 40 heavy (non-hydrogen) atoms. The first-order valence-electron chi connectivity index (χ1n) is 12.5. The van der Waals surface area contributed by atoms with Crippen LogP contribution in [0.5, 0.6) is 0 Å². The van der Waals surface area contributed by atoms with E-state index in [1.807, 2.05) is 25.1 Å². The number of carbonyl (C=O) groups excluding carboxylic acids is 2. The number of nitrogens with one attached hydrogen (secondary N) is 1. The van der Waals surface area contributed by atoms with Crippen molar-refractivity contribution in [2.45, 2.75) is 32.5 Å². The van der Waals surface area contributed by atoms with Gasteiger partial charge in [0, 0.05) is 40.6 Å². The lowest BCUT2D eigenvalue weighted by atomic mass is 9.98. The number of carbonyl (C=O) groups is 2. The molecule has 0 spiro atoms. The van der Waals surface area contributed by atoms with Crippen LogP contribution in [0.15, 0.2) is 66.7 Å². The SMILES string of the molecule is Cc1cn(-c2cc(NC(=O)c3csc4c3CCN(C(=O)c3cnc5ccccn35)C4C)cc(C(F)(F)F)c2)cn1. The highest BCUT2D eigenvalue weighted by Crippen LogP contribution is 2.38. The molecule has 1 aliphatic rings. The van der Waals surface area contributed by atoms with E-state index in [1.54, 1.807) is 40.2 Å². The van der Waals surface area contributed by atoms with Crippen LogP contribution >= 0.6 is 11.3 Å². The van der Waals surface area contributed by atoms with Crippen LogP contribution in [0.3, 0.4) is 0 Å². The number of halogens is 3. The second kappa shape index (κ2) is 9.63. The van der Waals surface area contributed by atoms with Crippen molar-refractivity contribution in [3.8, 4) is 5.69 Å². The summed E-state index contributed by atoms with van der Waals surface area (Å²) in [5, 5.41) is 4.36. The molecule has 8 nitrogen and oxygen atoms in total. The Kier molecular flexibility index (Phi) is 6.21. The average Bonchev–Trinajstić information content (AvgIpc) is 3.66. The lowest BCUT2D eigenvalue weighted by Crippen LogP contribution is -2.39. The van der Waals surface area contributed by atoms with E-state index >= 15 is 0 Å². The minimum absolute atomic E-state index is 0.0226. The molecule has 0 fully saturated rings. The Morgan fingerprint density at radius 1 is 1.15 bits per heavy atom. The number of hydrogen-bond acceptors (Lipinski definition) is 5. The van der Waals surface area contributed by atoms with E-state index in [0.717, 1.165) is 22.6 Å². The lowest BCUT2D eigenvalue weighted by Gasteiger charge is -2.33. The third-order valence-corrected chi connectivity index (χ3v) is 8.23. The van der Waals surface area contributed by atoms with Crippen LogP contribution in [-0.4, -0.2) is 42.2 Å². The van der Waals surface area contributed by atoms with E-state index in [0.29, 0.717) is 35.6 Å². The number of aromatic nitrogens is 4. The summed E-state index contributed by atoms with van der Waals surface area (Å²) < 4.78 is 44.2. The number of pyridine rings is 1. The Morgan fingerprint density at radius 2 is 1.98 bits per heavy atom. The van der Waals surface area contributed by atoms with E-state index in [1.165, 1.54) is 28.3 Å². The van der Waals surface area contributed by atoms with Gasteiger partial charge in [-0.05, 0) is 56.2 Å². The van der Waals surface area contributed by atoms with Crippen LogP contribution in [0.4, 0.5) is 18.9 Å². The van der Waals surface area contributed by atoms with Crippen LogP contribution in [0, 0.1) is 6.92 Å². The van der Waals surface area contributed by atoms with Gasteiger partial charge in [-0.2, -0.15) is 13.2 Å². The highest BCUT2D eigenvalue weighted by Gasteiger charge is 2.34. The number of thiophene rings is 1. The van der Waals surface area contributed by atoms with Crippen LogP contribution in [-0.2, 0) is 12.6 Å². The second-order valence-electron chi connectivity index (χ2n) is 9.63. The lowest BCUT2D eigenvalue weighted by molar-refractivity contribution is -0.137. The van der Waals surface area contributed by atoms with Crippen LogP contribution in [0.1, 0.15) is 55.5 Å². The summed E-state index contributed by atoms with van der Waals surface area (Å²) in [6.07, 6.45) is 2.22. The Morgan fingerprint density at radius 3 is 2.73 bits per heavy atom. The molecule has 0 radical (unpaired) electrons. The van der Waals surface area contributed by atoms with Gasteiger partial charge in [-0.25, -0.2) is 9.97 Å². The van der Waals surface area contributed by atoms with E-state index in [2.05, 4.69) is 15.3 Å². The molecule has 5 aromatic rings. The minimum atomic E-state index is -4.60. The number of anilines is 1. The van der Waals surface area contributed by atoms with Crippen molar-refractivity contribution in [3.05, 3.63) is 99.7 Å². The standard InChI is InChI=1S/C28H23F3N6O2S/c1-16-13-35(15-33-16)20-10-18(28(29,30)31)9-19(11-20)34-26(38)22-14-40-25-17(2)36(8-6-21(22)25)27(39)23-12-32-24-5-3-4-7-37(23)24/h3-5,7,9-15,17H,6,8H2,1-2H3,(H,34,38). The molecule has 0 bridgehead atoms. The zero-order valence-corrected chi connectivity index (χ0v) is 22.3. The fourth-order valence-electron chi connectivity index (χ4n) is 5.04. The van der Waals surface area contributed by atoms with Gasteiger partial charge in [0.2, 0.25) is 0 Å². The maximum atomic E-state index is 13.7. The Labute approximate surface area is 230 Å². The first-order valence-corrected chi connectivity index (χ1v) is 13.4. The first kappa shape index (κ1) is 25.8. The van der Waals surface area contributed by atoms with Gasteiger partial charge in [-0.3, -0.25) is 14.0 Å². The van der Waals surface area contributed by atoms with Gasteiger partial charge in [-0.1, -0.05) is 6.07 Å². The first-order chi connectivity index (χ1) is 19.1. The molecule has 204 valence electrons. The molecule has 2 amide bonds. The summed E-state index contributed by atoms with van der Waals surface area (Å²) in [6.45, 7) is 4.03. The van der Waals surface area contributed by atoms with Crippen LogP contribution in [0.2, 0.25) is 0 Å². The Hall–Kier alpha value is -4.45. The van der Waals surface area contributed by atoms with E-state index in [-0.39, 0.29) is 23.3 Å². The van der Waals surface area contributed by atoms with Gasteiger partial charge in [0.1, 0.15) is 11.3 Å². The summed E-state index contributed by atoms with van der Waals surface area (Å²) in [5.41, 5.74) is 2.34. The number of amides is 2. The number of aryl methyl sites for hydroxylation is 1. The third-order valence-electron chi connectivity index (χ3n) is 7.03.